The van der Waals surface area contributed by atoms with Crippen molar-refractivity contribution in [3.63, 3.8) is 0 Å². The van der Waals surface area contributed by atoms with Gasteiger partial charge in [0.25, 0.3) is 0 Å². The number of anilines is 2. The molecule has 142 valence electrons. The van der Waals surface area contributed by atoms with Gasteiger partial charge >= 0.3 is 0 Å². The van der Waals surface area contributed by atoms with Gasteiger partial charge in [0.1, 0.15) is 0 Å². The molecule has 0 aliphatic rings. The molecular weight excluding hydrogens is 362 g/mol. The molecule has 0 fully saturated rings. The molecule has 0 aliphatic heterocycles. The topological polar surface area (TPSA) is 79.8 Å². The van der Waals surface area contributed by atoms with Gasteiger partial charge < -0.3 is 25.4 Å². The van der Waals surface area contributed by atoms with Crippen LogP contribution >= 0.6 is 11.3 Å². The molecule has 0 bridgehead atoms. The number of aromatic nitrogens is 1. The fraction of sp³-hybridized carbons (Fsp3) is 0.263. The van der Waals surface area contributed by atoms with E-state index in [2.05, 4.69) is 32.0 Å². The summed E-state index contributed by atoms with van der Waals surface area (Å²) in [5.41, 5.74) is 1.88. The summed E-state index contributed by atoms with van der Waals surface area (Å²) in [6.45, 7) is 1.43. The minimum absolute atomic E-state index is 0.662. The van der Waals surface area contributed by atoms with Gasteiger partial charge in [-0.2, -0.15) is 0 Å². The van der Waals surface area contributed by atoms with Crippen molar-refractivity contribution < 1.29 is 9.47 Å². The van der Waals surface area contributed by atoms with Crippen LogP contribution in [0.2, 0.25) is 0 Å². The van der Waals surface area contributed by atoms with Gasteiger partial charge in [0, 0.05) is 31.9 Å². The standard InChI is InChI=1S/C19H23N5O2S/c1-20-18(23-13-8-9-15(25-2)16(12-13)26-3)21-10-11-22-19-24-14-6-4-5-7-17(14)27-19/h4-9,12H,10-11H2,1-3H3,(H,22,24)(H2,20,21,23). The van der Waals surface area contributed by atoms with Crippen LogP contribution in [0.5, 0.6) is 11.5 Å². The SMILES string of the molecule is CN=C(NCCNc1nc2ccccc2s1)Nc1ccc(OC)c(OC)c1. The van der Waals surface area contributed by atoms with Crippen molar-refractivity contribution >= 4 is 38.3 Å². The lowest BCUT2D eigenvalue weighted by molar-refractivity contribution is 0.355. The maximum absolute atomic E-state index is 5.32. The Hall–Kier alpha value is -3.00. The van der Waals surface area contributed by atoms with Gasteiger partial charge in [0.2, 0.25) is 0 Å². The van der Waals surface area contributed by atoms with Crippen LogP contribution in [0.15, 0.2) is 47.5 Å². The number of hydrogen-bond acceptors (Lipinski definition) is 6. The number of aliphatic imine (C=N–C) groups is 1. The van der Waals surface area contributed by atoms with Crippen LogP contribution in [0, 0.1) is 0 Å². The van der Waals surface area contributed by atoms with Gasteiger partial charge in [-0.25, -0.2) is 4.98 Å². The third kappa shape index (κ3) is 4.79. The zero-order valence-corrected chi connectivity index (χ0v) is 16.4. The Morgan fingerprint density at radius 1 is 1.07 bits per heavy atom. The highest BCUT2D eigenvalue weighted by molar-refractivity contribution is 7.22. The van der Waals surface area contributed by atoms with E-state index < -0.39 is 0 Å². The average Bonchev–Trinajstić information content (AvgIpc) is 3.12. The number of hydrogen-bond donors (Lipinski definition) is 3. The zero-order valence-electron chi connectivity index (χ0n) is 15.6. The van der Waals surface area contributed by atoms with Crippen molar-refractivity contribution in [3.8, 4) is 11.5 Å². The van der Waals surface area contributed by atoms with Crippen molar-refractivity contribution in [1.82, 2.24) is 10.3 Å². The van der Waals surface area contributed by atoms with Crippen LogP contribution in [0.25, 0.3) is 10.2 Å². The molecule has 2 aromatic carbocycles. The first-order valence-corrected chi connectivity index (χ1v) is 9.34. The molecule has 0 aliphatic carbocycles. The number of thiazole rings is 1. The van der Waals surface area contributed by atoms with Crippen molar-refractivity contribution in [2.45, 2.75) is 0 Å². The van der Waals surface area contributed by atoms with Crippen LogP contribution in [-0.2, 0) is 0 Å². The van der Waals surface area contributed by atoms with E-state index in [1.165, 1.54) is 4.70 Å². The molecule has 0 spiro atoms. The van der Waals surface area contributed by atoms with E-state index in [9.17, 15) is 0 Å². The summed E-state index contributed by atoms with van der Waals surface area (Å²) in [4.78, 5) is 8.80. The Morgan fingerprint density at radius 3 is 2.63 bits per heavy atom. The maximum atomic E-state index is 5.32. The number of fused-ring (bicyclic) bond motifs is 1. The first-order chi connectivity index (χ1) is 13.2. The second kappa shape index (κ2) is 9.09. The van der Waals surface area contributed by atoms with Gasteiger partial charge in [0.15, 0.2) is 22.6 Å². The minimum atomic E-state index is 0.662. The molecule has 3 rings (SSSR count). The summed E-state index contributed by atoms with van der Waals surface area (Å²) in [5.74, 6) is 2.02. The monoisotopic (exact) mass is 385 g/mol. The van der Waals surface area contributed by atoms with Gasteiger partial charge in [-0.05, 0) is 24.3 Å². The lowest BCUT2D eigenvalue weighted by Gasteiger charge is -2.14. The second-order valence-corrected chi connectivity index (χ2v) is 6.64. The quantitative estimate of drug-likeness (QED) is 0.329. The maximum Gasteiger partial charge on any atom is 0.195 e. The summed E-state index contributed by atoms with van der Waals surface area (Å²) in [5, 5.41) is 10.8. The summed E-state index contributed by atoms with van der Waals surface area (Å²) in [6, 6.07) is 13.7. The predicted molar refractivity (Wildman–Crippen MR) is 113 cm³/mol. The minimum Gasteiger partial charge on any atom is -0.493 e. The second-order valence-electron chi connectivity index (χ2n) is 5.61. The van der Waals surface area contributed by atoms with Gasteiger partial charge in [-0.15, -0.1) is 0 Å². The Balaban J connectivity index is 1.50. The third-order valence-electron chi connectivity index (χ3n) is 3.86. The van der Waals surface area contributed by atoms with Crippen LogP contribution in [0.1, 0.15) is 0 Å². The number of methoxy groups -OCH3 is 2. The van der Waals surface area contributed by atoms with Crippen LogP contribution in [-0.4, -0.2) is 45.3 Å². The molecule has 0 atom stereocenters. The number of nitrogens with zero attached hydrogens (tertiary/aromatic N) is 2. The summed E-state index contributed by atoms with van der Waals surface area (Å²) < 4.78 is 11.8. The Kier molecular flexibility index (Phi) is 6.32. The Labute approximate surface area is 162 Å². The number of para-hydroxylation sites is 1. The number of guanidine groups is 1. The molecule has 1 aromatic heterocycles. The van der Waals surface area contributed by atoms with E-state index in [0.717, 1.165) is 22.9 Å². The lowest BCUT2D eigenvalue weighted by atomic mass is 10.3. The molecular formula is C19H23N5O2S. The normalized spacial score (nSPS) is 11.3. The number of benzene rings is 2. The smallest absolute Gasteiger partial charge is 0.195 e. The molecule has 1 heterocycles. The highest BCUT2D eigenvalue weighted by atomic mass is 32.1. The molecule has 3 aromatic rings. The molecule has 0 saturated carbocycles. The predicted octanol–water partition coefficient (Wildman–Crippen LogP) is 3.41. The fourth-order valence-electron chi connectivity index (χ4n) is 2.53. The van der Waals surface area contributed by atoms with Gasteiger partial charge in [-0.3, -0.25) is 4.99 Å². The van der Waals surface area contributed by atoms with Crippen LogP contribution < -0.4 is 25.4 Å². The molecule has 3 N–H and O–H groups in total. The van der Waals surface area contributed by atoms with Crippen molar-refractivity contribution in [3.05, 3.63) is 42.5 Å². The fourth-order valence-corrected chi connectivity index (χ4v) is 3.42. The highest BCUT2D eigenvalue weighted by Gasteiger charge is 2.06. The van der Waals surface area contributed by atoms with E-state index in [1.807, 2.05) is 36.4 Å². The largest absolute Gasteiger partial charge is 0.493 e. The van der Waals surface area contributed by atoms with Crippen molar-refractivity contribution in [2.24, 2.45) is 4.99 Å². The molecule has 0 unspecified atom stereocenters. The summed E-state index contributed by atoms with van der Waals surface area (Å²) in [7, 11) is 4.96. The third-order valence-corrected chi connectivity index (χ3v) is 4.85. The summed E-state index contributed by atoms with van der Waals surface area (Å²) in [6.07, 6.45) is 0. The van der Waals surface area contributed by atoms with E-state index in [1.54, 1.807) is 32.6 Å². The molecule has 27 heavy (non-hydrogen) atoms. The number of ether oxygens (including phenoxy) is 2. The highest BCUT2D eigenvalue weighted by Crippen LogP contribution is 2.29. The van der Waals surface area contributed by atoms with E-state index in [0.29, 0.717) is 24.0 Å². The lowest BCUT2D eigenvalue weighted by Crippen LogP contribution is -2.34. The van der Waals surface area contributed by atoms with Crippen molar-refractivity contribution in [2.75, 3.05) is 45.0 Å². The molecule has 7 nitrogen and oxygen atoms in total. The van der Waals surface area contributed by atoms with Gasteiger partial charge in [0.05, 0.1) is 24.4 Å². The molecule has 0 saturated heterocycles. The van der Waals surface area contributed by atoms with E-state index in [4.69, 9.17) is 9.47 Å². The number of rotatable bonds is 7. The Bertz CT molecular complexity index is 892. The first-order valence-electron chi connectivity index (χ1n) is 8.52. The van der Waals surface area contributed by atoms with Gasteiger partial charge in [-0.1, -0.05) is 23.5 Å². The summed E-state index contributed by atoms with van der Waals surface area (Å²) >= 11 is 1.65. The van der Waals surface area contributed by atoms with Crippen molar-refractivity contribution in [1.29, 1.82) is 0 Å². The molecule has 0 amide bonds. The van der Waals surface area contributed by atoms with E-state index >= 15 is 0 Å². The first kappa shape index (κ1) is 18.8. The molecule has 8 heteroatoms. The molecule has 0 radical (unpaired) electrons. The Morgan fingerprint density at radius 2 is 1.89 bits per heavy atom. The number of nitrogens with one attached hydrogen (secondary N) is 3. The zero-order chi connectivity index (χ0) is 19.1. The van der Waals surface area contributed by atoms with Crippen LogP contribution in [0.4, 0.5) is 10.8 Å². The van der Waals surface area contributed by atoms with Crippen LogP contribution in [0.3, 0.4) is 0 Å². The average molecular weight is 385 g/mol. The van der Waals surface area contributed by atoms with E-state index in [-0.39, 0.29) is 0 Å².